The zero-order chi connectivity index (χ0) is 19.5. The molecule has 1 atom stereocenters. The molecule has 28 heavy (non-hydrogen) atoms. The van der Waals surface area contributed by atoms with Gasteiger partial charge >= 0.3 is 5.97 Å². The fourth-order valence-corrected chi connectivity index (χ4v) is 3.68. The molecule has 0 fully saturated rings. The Morgan fingerprint density at radius 2 is 2.11 bits per heavy atom. The van der Waals surface area contributed by atoms with Crippen LogP contribution in [0.1, 0.15) is 41.1 Å². The summed E-state index contributed by atoms with van der Waals surface area (Å²) in [5.41, 5.74) is 4.97. The molecule has 0 spiro atoms. The van der Waals surface area contributed by atoms with Crippen LogP contribution in [-0.4, -0.2) is 38.6 Å². The van der Waals surface area contributed by atoms with Gasteiger partial charge in [-0.2, -0.15) is 0 Å². The van der Waals surface area contributed by atoms with Crippen LogP contribution in [0.3, 0.4) is 0 Å². The Balaban J connectivity index is 1.42. The van der Waals surface area contributed by atoms with Crippen LogP contribution in [0.2, 0.25) is 0 Å². The lowest BCUT2D eigenvalue weighted by atomic mass is 10.1. The van der Waals surface area contributed by atoms with Crippen LogP contribution >= 0.6 is 11.3 Å². The summed E-state index contributed by atoms with van der Waals surface area (Å²) in [6, 6.07) is 9.57. The second-order valence-electron chi connectivity index (χ2n) is 6.13. The maximum Gasteiger partial charge on any atom is 0.315 e. The van der Waals surface area contributed by atoms with Crippen molar-refractivity contribution < 1.29 is 14.3 Å². The number of hydrogen-bond donors (Lipinski definition) is 2. The SMILES string of the molecule is CCOC(=O)C1CCc2nn(NC(=O)c3csc(Nc4ccccc4)n3)nc21. The van der Waals surface area contributed by atoms with Crippen molar-refractivity contribution in [1.29, 1.82) is 0 Å². The predicted octanol–water partition coefficient (Wildman–Crippen LogP) is 2.46. The average Bonchev–Trinajstić information content (AvgIpc) is 3.38. The number of aromatic nitrogens is 4. The molecule has 0 radical (unpaired) electrons. The summed E-state index contributed by atoms with van der Waals surface area (Å²) in [5, 5.41) is 13.9. The van der Waals surface area contributed by atoms with E-state index in [-0.39, 0.29) is 11.7 Å². The number of esters is 1. The van der Waals surface area contributed by atoms with Crippen molar-refractivity contribution in [2.24, 2.45) is 0 Å². The first-order valence-corrected chi connectivity index (χ1v) is 9.73. The summed E-state index contributed by atoms with van der Waals surface area (Å²) in [7, 11) is 0. The summed E-state index contributed by atoms with van der Waals surface area (Å²) in [4.78, 5) is 29.8. The number of thiazole rings is 1. The van der Waals surface area contributed by atoms with E-state index in [9.17, 15) is 9.59 Å². The number of aryl methyl sites for hydroxylation is 1. The van der Waals surface area contributed by atoms with E-state index in [2.05, 4.69) is 25.9 Å². The third kappa shape index (κ3) is 3.72. The third-order valence-corrected chi connectivity index (χ3v) is 5.01. The normalized spacial score (nSPS) is 15.1. The van der Waals surface area contributed by atoms with Gasteiger partial charge in [0.15, 0.2) is 5.13 Å². The van der Waals surface area contributed by atoms with Gasteiger partial charge in [0.2, 0.25) is 0 Å². The summed E-state index contributed by atoms with van der Waals surface area (Å²) in [6.45, 7) is 2.08. The van der Waals surface area contributed by atoms with Crippen molar-refractivity contribution in [2.75, 3.05) is 17.3 Å². The van der Waals surface area contributed by atoms with Crippen molar-refractivity contribution in [1.82, 2.24) is 20.1 Å². The Bertz CT molecular complexity index is 1000. The quantitative estimate of drug-likeness (QED) is 0.614. The molecule has 2 N–H and O–H groups in total. The van der Waals surface area contributed by atoms with Gasteiger partial charge in [-0.25, -0.2) is 10.4 Å². The van der Waals surface area contributed by atoms with E-state index >= 15 is 0 Å². The topological polar surface area (TPSA) is 111 Å². The van der Waals surface area contributed by atoms with Crippen LogP contribution in [0.15, 0.2) is 35.7 Å². The highest BCUT2D eigenvalue weighted by atomic mass is 32.1. The zero-order valence-corrected chi connectivity index (χ0v) is 15.9. The molecule has 10 heteroatoms. The van der Waals surface area contributed by atoms with Gasteiger partial charge in [-0.3, -0.25) is 9.59 Å². The van der Waals surface area contributed by atoms with Gasteiger partial charge in [0.1, 0.15) is 17.3 Å². The Kier molecular flexibility index (Phi) is 5.02. The first kappa shape index (κ1) is 18.1. The van der Waals surface area contributed by atoms with Crippen molar-refractivity contribution in [3.63, 3.8) is 0 Å². The minimum Gasteiger partial charge on any atom is -0.465 e. The van der Waals surface area contributed by atoms with Crippen LogP contribution in [0.5, 0.6) is 0 Å². The number of carbonyl (C=O) groups is 2. The lowest BCUT2D eigenvalue weighted by Gasteiger charge is -2.07. The monoisotopic (exact) mass is 398 g/mol. The number of nitrogens with zero attached hydrogens (tertiary/aromatic N) is 4. The van der Waals surface area contributed by atoms with E-state index in [4.69, 9.17) is 4.74 Å². The fourth-order valence-electron chi connectivity index (χ4n) is 2.97. The Morgan fingerprint density at radius 3 is 2.89 bits per heavy atom. The Morgan fingerprint density at radius 1 is 1.29 bits per heavy atom. The maximum atomic E-state index is 12.4. The molecule has 1 aliphatic carbocycles. The zero-order valence-electron chi connectivity index (χ0n) is 15.1. The third-order valence-electron chi connectivity index (χ3n) is 4.25. The number of nitrogens with one attached hydrogen (secondary N) is 2. The highest BCUT2D eigenvalue weighted by Gasteiger charge is 2.34. The van der Waals surface area contributed by atoms with Crippen LogP contribution in [0.4, 0.5) is 10.8 Å². The standard InChI is InChI=1S/C18H18N6O3S/c1-2-27-17(26)12-8-9-13-15(12)22-24(21-13)23-16(25)14-10-28-18(20-14)19-11-6-4-3-5-7-11/h3-7,10,12H,2,8-9H2,1H3,(H,19,20)(H,23,25). The van der Waals surface area contributed by atoms with E-state index < -0.39 is 11.8 Å². The molecule has 1 amide bonds. The van der Waals surface area contributed by atoms with E-state index in [1.165, 1.54) is 11.3 Å². The number of ether oxygens (including phenoxy) is 1. The molecule has 3 aromatic rings. The Hall–Kier alpha value is -3.27. The first-order valence-electron chi connectivity index (χ1n) is 8.85. The molecule has 9 nitrogen and oxygen atoms in total. The highest BCUT2D eigenvalue weighted by Crippen LogP contribution is 2.31. The maximum absolute atomic E-state index is 12.4. The van der Waals surface area contributed by atoms with Gasteiger partial charge in [0, 0.05) is 11.1 Å². The van der Waals surface area contributed by atoms with Crippen LogP contribution < -0.4 is 10.7 Å². The number of rotatable bonds is 6. The van der Waals surface area contributed by atoms with Gasteiger partial charge in [0.25, 0.3) is 5.91 Å². The van der Waals surface area contributed by atoms with Crippen molar-refractivity contribution >= 4 is 34.0 Å². The molecule has 1 unspecified atom stereocenters. The van der Waals surface area contributed by atoms with Crippen molar-refractivity contribution in [2.45, 2.75) is 25.7 Å². The molecule has 2 aromatic heterocycles. The van der Waals surface area contributed by atoms with Gasteiger partial charge in [-0.1, -0.05) is 23.1 Å². The van der Waals surface area contributed by atoms with Gasteiger partial charge in [-0.15, -0.1) is 21.5 Å². The largest absolute Gasteiger partial charge is 0.465 e. The average molecular weight is 398 g/mol. The van der Waals surface area contributed by atoms with E-state index in [1.807, 2.05) is 30.3 Å². The lowest BCUT2D eigenvalue weighted by molar-refractivity contribution is -0.145. The molecule has 144 valence electrons. The number of fused-ring (bicyclic) bond motifs is 1. The number of anilines is 2. The molecule has 0 bridgehead atoms. The molecule has 0 saturated carbocycles. The summed E-state index contributed by atoms with van der Waals surface area (Å²) in [6.07, 6.45) is 1.25. The molecule has 0 aliphatic heterocycles. The number of para-hydroxylation sites is 1. The number of carbonyl (C=O) groups excluding carboxylic acids is 2. The van der Waals surface area contributed by atoms with Gasteiger partial charge in [0.05, 0.1) is 12.3 Å². The summed E-state index contributed by atoms with van der Waals surface area (Å²) in [5.74, 6) is -1.17. The molecule has 1 aromatic carbocycles. The fraction of sp³-hybridized carbons (Fsp3) is 0.278. The van der Waals surface area contributed by atoms with Crippen LogP contribution in [0.25, 0.3) is 0 Å². The second-order valence-corrected chi connectivity index (χ2v) is 6.99. The van der Waals surface area contributed by atoms with E-state index in [0.29, 0.717) is 36.0 Å². The summed E-state index contributed by atoms with van der Waals surface area (Å²) >= 11 is 1.32. The number of hydrogen-bond acceptors (Lipinski definition) is 8. The smallest absolute Gasteiger partial charge is 0.315 e. The van der Waals surface area contributed by atoms with E-state index in [0.717, 1.165) is 10.6 Å². The molecule has 2 heterocycles. The lowest BCUT2D eigenvalue weighted by Crippen LogP contribution is -2.26. The summed E-state index contributed by atoms with van der Waals surface area (Å²) < 4.78 is 5.08. The van der Waals surface area contributed by atoms with E-state index in [1.54, 1.807) is 12.3 Å². The predicted molar refractivity (Wildman–Crippen MR) is 103 cm³/mol. The molecule has 1 aliphatic rings. The molecular formula is C18H18N6O3S. The first-order chi connectivity index (χ1) is 13.6. The Labute approximate surface area is 164 Å². The minimum absolute atomic E-state index is 0.253. The number of benzene rings is 1. The van der Waals surface area contributed by atoms with Crippen molar-refractivity contribution in [3.05, 3.63) is 52.8 Å². The number of amides is 1. The van der Waals surface area contributed by atoms with Gasteiger partial charge in [-0.05, 0) is 31.9 Å². The molecular weight excluding hydrogens is 380 g/mol. The van der Waals surface area contributed by atoms with Crippen LogP contribution in [0, 0.1) is 0 Å². The second kappa shape index (κ2) is 7.77. The van der Waals surface area contributed by atoms with Gasteiger partial charge < -0.3 is 10.1 Å². The van der Waals surface area contributed by atoms with Crippen LogP contribution in [-0.2, 0) is 16.0 Å². The molecule has 4 rings (SSSR count). The highest BCUT2D eigenvalue weighted by molar-refractivity contribution is 7.14. The molecule has 0 saturated heterocycles. The minimum atomic E-state index is -0.432. The van der Waals surface area contributed by atoms with Crippen molar-refractivity contribution in [3.8, 4) is 0 Å².